The van der Waals surface area contributed by atoms with E-state index >= 15 is 0 Å². The van der Waals surface area contributed by atoms with Crippen molar-refractivity contribution in [3.63, 3.8) is 0 Å². The maximum Gasteiger partial charge on any atom is 0.126 e. The second-order valence-corrected chi connectivity index (χ2v) is 9.88. The van der Waals surface area contributed by atoms with Crippen LogP contribution in [-0.4, -0.2) is 6.29 Å². The fourth-order valence-electron chi connectivity index (χ4n) is 4.79. The van der Waals surface area contributed by atoms with Crippen molar-refractivity contribution in [3.05, 3.63) is 59.2 Å². The van der Waals surface area contributed by atoms with Crippen LogP contribution >= 0.6 is 0 Å². The van der Waals surface area contributed by atoms with Crippen LogP contribution in [0.1, 0.15) is 82.9 Å². The molecule has 0 spiro atoms. The summed E-state index contributed by atoms with van der Waals surface area (Å²) in [5.74, 6) is 0.944. The lowest BCUT2D eigenvalue weighted by Gasteiger charge is -2.42. The summed E-state index contributed by atoms with van der Waals surface area (Å²) < 4.78 is 0. The molecule has 1 aromatic rings. The number of hydrogen-bond donors (Lipinski definition) is 0. The molecule has 0 aliphatic heterocycles. The van der Waals surface area contributed by atoms with Gasteiger partial charge in [-0.1, -0.05) is 77.1 Å². The van der Waals surface area contributed by atoms with Crippen molar-refractivity contribution in [2.24, 2.45) is 11.8 Å². The second-order valence-electron chi connectivity index (χ2n) is 9.88. The summed E-state index contributed by atoms with van der Waals surface area (Å²) in [6, 6.07) is 7.24. The van der Waals surface area contributed by atoms with Gasteiger partial charge in [-0.2, -0.15) is 0 Å². The summed E-state index contributed by atoms with van der Waals surface area (Å²) in [6.45, 7) is 15.8. The average Bonchev–Trinajstić information content (AvgIpc) is 2.97. The predicted octanol–water partition coefficient (Wildman–Crippen LogP) is 6.48. The average molecular weight is 351 g/mol. The third-order valence-corrected chi connectivity index (χ3v) is 6.73. The Hall–Kier alpha value is -1.63. The van der Waals surface area contributed by atoms with Crippen LogP contribution in [0.2, 0.25) is 0 Å². The van der Waals surface area contributed by atoms with Gasteiger partial charge in [-0.15, -0.1) is 0 Å². The number of carbonyl (C=O) groups is 1. The molecule has 0 radical (unpaired) electrons. The number of fused-ring (bicyclic) bond motifs is 1. The van der Waals surface area contributed by atoms with Crippen LogP contribution in [0.5, 0.6) is 0 Å². The molecule has 3 unspecified atom stereocenters. The highest BCUT2D eigenvalue weighted by Crippen LogP contribution is 2.49. The van der Waals surface area contributed by atoms with Crippen LogP contribution in [0, 0.1) is 11.8 Å². The van der Waals surface area contributed by atoms with Gasteiger partial charge in [0.2, 0.25) is 0 Å². The SMILES string of the molecule is C=C1CC(C=CC(C)C=O)C(c2ccc3c(c2)C(C)(C)CCC3(C)C)C1. The van der Waals surface area contributed by atoms with E-state index < -0.39 is 0 Å². The number of rotatable bonds is 4. The summed E-state index contributed by atoms with van der Waals surface area (Å²) in [5.41, 5.74) is 6.35. The third-order valence-electron chi connectivity index (χ3n) is 6.73. The molecule has 1 aromatic carbocycles. The van der Waals surface area contributed by atoms with Crippen LogP contribution < -0.4 is 0 Å². The predicted molar refractivity (Wildman–Crippen MR) is 111 cm³/mol. The summed E-state index contributed by atoms with van der Waals surface area (Å²) in [6.07, 6.45) is 9.94. The molecule has 1 nitrogen and oxygen atoms in total. The van der Waals surface area contributed by atoms with E-state index in [9.17, 15) is 4.79 Å². The van der Waals surface area contributed by atoms with E-state index in [1.807, 2.05) is 6.92 Å². The van der Waals surface area contributed by atoms with Crippen LogP contribution in [0.4, 0.5) is 0 Å². The van der Waals surface area contributed by atoms with Crippen molar-refractivity contribution in [1.29, 1.82) is 0 Å². The van der Waals surface area contributed by atoms with Gasteiger partial charge in [-0.05, 0) is 65.0 Å². The van der Waals surface area contributed by atoms with E-state index in [4.69, 9.17) is 0 Å². The zero-order valence-corrected chi connectivity index (χ0v) is 17.1. The Bertz CT molecular complexity index is 735. The first kappa shape index (κ1) is 19.1. The minimum atomic E-state index is -0.00668. The molecule has 0 bridgehead atoms. The van der Waals surface area contributed by atoms with E-state index in [2.05, 4.69) is 64.6 Å². The Kier molecular flexibility index (Phi) is 5.03. The van der Waals surface area contributed by atoms with E-state index in [1.165, 1.54) is 35.1 Å². The van der Waals surface area contributed by atoms with Crippen molar-refractivity contribution in [1.82, 2.24) is 0 Å². The minimum absolute atomic E-state index is 0.00668. The Labute approximate surface area is 159 Å². The normalized spacial score (nSPS) is 28.1. The van der Waals surface area contributed by atoms with Crippen LogP contribution in [0.15, 0.2) is 42.5 Å². The van der Waals surface area contributed by atoms with E-state index in [-0.39, 0.29) is 16.7 Å². The standard InChI is InChI=1S/C25H34O/c1-17(16-26)7-8-19-13-18(2)14-21(19)20-9-10-22-23(15-20)25(5,6)12-11-24(22,3)4/h7-10,15-17,19,21H,2,11-14H2,1,3-6H3. The summed E-state index contributed by atoms with van der Waals surface area (Å²) in [4.78, 5) is 10.9. The Morgan fingerprint density at radius 2 is 1.73 bits per heavy atom. The molecule has 1 fully saturated rings. The Morgan fingerprint density at radius 1 is 1.08 bits per heavy atom. The van der Waals surface area contributed by atoms with Crippen LogP contribution in [0.25, 0.3) is 0 Å². The van der Waals surface area contributed by atoms with Gasteiger partial charge in [-0.25, -0.2) is 0 Å². The molecule has 1 saturated carbocycles. The van der Waals surface area contributed by atoms with Gasteiger partial charge < -0.3 is 4.79 Å². The molecule has 2 aliphatic rings. The first-order valence-corrected chi connectivity index (χ1v) is 10.1. The molecular formula is C25H34O. The highest BCUT2D eigenvalue weighted by molar-refractivity contribution is 5.55. The maximum absolute atomic E-state index is 10.9. The van der Waals surface area contributed by atoms with Crippen molar-refractivity contribution in [3.8, 4) is 0 Å². The first-order chi connectivity index (χ1) is 12.1. The second kappa shape index (κ2) is 6.83. The Balaban J connectivity index is 1.97. The van der Waals surface area contributed by atoms with E-state index in [0.29, 0.717) is 11.8 Å². The monoisotopic (exact) mass is 350 g/mol. The molecule has 2 aliphatic carbocycles. The zero-order valence-electron chi connectivity index (χ0n) is 17.1. The zero-order chi connectivity index (χ0) is 19.1. The van der Waals surface area contributed by atoms with Crippen molar-refractivity contribution in [2.45, 2.75) is 77.0 Å². The van der Waals surface area contributed by atoms with Gasteiger partial charge in [0.25, 0.3) is 0 Å². The molecule has 3 rings (SSSR count). The molecule has 0 saturated heterocycles. The lowest BCUT2D eigenvalue weighted by atomic mass is 9.62. The fraction of sp³-hybridized carbons (Fsp3) is 0.560. The topological polar surface area (TPSA) is 17.1 Å². The maximum atomic E-state index is 10.9. The van der Waals surface area contributed by atoms with Crippen LogP contribution in [0.3, 0.4) is 0 Å². The quantitative estimate of drug-likeness (QED) is 0.449. The highest BCUT2D eigenvalue weighted by Gasteiger charge is 2.38. The Morgan fingerprint density at radius 3 is 2.38 bits per heavy atom. The number of hydrogen-bond acceptors (Lipinski definition) is 1. The lowest BCUT2D eigenvalue weighted by Crippen LogP contribution is -2.34. The largest absolute Gasteiger partial charge is 0.303 e. The molecular weight excluding hydrogens is 316 g/mol. The van der Waals surface area contributed by atoms with Crippen LogP contribution in [-0.2, 0) is 15.6 Å². The summed E-state index contributed by atoms with van der Waals surface area (Å²) >= 11 is 0. The highest BCUT2D eigenvalue weighted by atomic mass is 16.1. The molecule has 0 amide bonds. The smallest absolute Gasteiger partial charge is 0.126 e. The minimum Gasteiger partial charge on any atom is -0.303 e. The van der Waals surface area contributed by atoms with Gasteiger partial charge in [0, 0.05) is 5.92 Å². The van der Waals surface area contributed by atoms with E-state index in [0.717, 1.165) is 19.1 Å². The molecule has 140 valence electrons. The van der Waals surface area contributed by atoms with Gasteiger partial charge in [0.05, 0.1) is 0 Å². The third kappa shape index (κ3) is 3.59. The number of aldehydes is 1. The fourth-order valence-corrected chi connectivity index (χ4v) is 4.79. The molecule has 0 N–H and O–H groups in total. The molecule has 0 aromatic heterocycles. The van der Waals surface area contributed by atoms with Crippen molar-refractivity contribution in [2.75, 3.05) is 0 Å². The molecule has 3 atom stereocenters. The van der Waals surface area contributed by atoms with Gasteiger partial charge in [-0.3, -0.25) is 0 Å². The molecule has 26 heavy (non-hydrogen) atoms. The molecule has 0 heterocycles. The number of benzene rings is 1. The summed E-state index contributed by atoms with van der Waals surface area (Å²) in [7, 11) is 0. The van der Waals surface area contributed by atoms with Gasteiger partial charge in [0.1, 0.15) is 6.29 Å². The van der Waals surface area contributed by atoms with Crippen molar-refractivity contribution >= 4 is 6.29 Å². The van der Waals surface area contributed by atoms with Crippen molar-refractivity contribution < 1.29 is 4.79 Å². The number of allylic oxidation sites excluding steroid dienone is 3. The molecule has 1 heteroatoms. The first-order valence-electron chi connectivity index (χ1n) is 10.1. The lowest BCUT2D eigenvalue weighted by molar-refractivity contribution is -0.109. The van der Waals surface area contributed by atoms with E-state index in [1.54, 1.807) is 0 Å². The van der Waals surface area contributed by atoms with Gasteiger partial charge in [0.15, 0.2) is 0 Å². The number of carbonyl (C=O) groups excluding carboxylic acids is 1. The summed E-state index contributed by atoms with van der Waals surface area (Å²) in [5, 5.41) is 0. The van der Waals surface area contributed by atoms with Gasteiger partial charge >= 0.3 is 0 Å².